The molecule has 0 aromatic heterocycles. The van der Waals surface area contributed by atoms with Crippen molar-refractivity contribution in [2.24, 2.45) is 5.92 Å². The molecule has 0 bridgehead atoms. The molecule has 3 rings (SSSR count). The van der Waals surface area contributed by atoms with E-state index < -0.39 is 17.5 Å². The lowest BCUT2D eigenvalue weighted by atomic mass is 9.78. The minimum Gasteiger partial charge on any atom is -0.497 e. The highest BCUT2D eigenvalue weighted by Crippen LogP contribution is 2.39. The number of allylic oxidation sites excluding steroid dienone is 5. The zero-order valence-corrected chi connectivity index (χ0v) is 19.0. The van der Waals surface area contributed by atoms with Gasteiger partial charge in [-0.2, -0.15) is 0 Å². The van der Waals surface area contributed by atoms with Crippen LogP contribution >= 0.6 is 0 Å². The van der Waals surface area contributed by atoms with E-state index in [1.165, 1.54) is 13.2 Å². The van der Waals surface area contributed by atoms with Crippen molar-refractivity contribution in [2.75, 3.05) is 14.2 Å². The molecule has 1 fully saturated rings. The third kappa shape index (κ3) is 5.98. The fraction of sp³-hybridized carbons (Fsp3) is 0.286. The third-order valence-corrected chi connectivity index (χ3v) is 6.13. The van der Waals surface area contributed by atoms with Crippen LogP contribution in [0.3, 0.4) is 0 Å². The smallest absolute Gasteiger partial charge is 0.166 e. The molecule has 2 nitrogen and oxygen atoms in total. The third-order valence-electron chi connectivity index (χ3n) is 6.13. The van der Waals surface area contributed by atoms with Gasteiger partial charge in [0.25, 0.3) is 0 Å². The minimum absolute atomic E-state index is 0.0281. The summed E-state index contributed by atoms with van der Waals surface area (Å²) < 4.78 is 53.5. The Kier molecular flexibility index (Phi) is 8.21. The molecule has 0 spiro atoms. The molecule has 0 amide bonds. The molecule has 1 aliphatic rings. The van der Waals surface area contributed by atoms with E-state index >= 15 is 0 Å². The van der Waals surface area contributed by atoms with Gasteiger partial charge in [0.2, 0.25) is 0 Å². The number of ether oxygens (including phenoxy) is 2. The number of rotatable bonds is 8. The molecule has 1 saturated carbocycles. The van der Waals surface area contributed by atoms with E-state index in [1.54, 1.807) is 49.6 Å². The van der Waals surface area contributed by atoms with E-state index in [4.69, 9.17) is 9.47 Å². The van der Waals surface area contributed by atoms with Crippen LogP contribution in [0.4, 0.5) is 13.2 Å². The Bertz CT molecular complexity index is 1060. The van der Waals surface area contributed by atoms with Gasteiger partial charge in [0.05, 0.1) is 14.2 Å². The Labute approximate surface area is 193 Å². The summed E-state index contributed by atoms with van der Waals surface area (Å²) in [4.78, 5) is 0. The van der Waals surface area contributed by atoms with Crippen molar-refractivity contribution in [1.29, 1.82) is 0 Å². The number of hydrogen-bond acceptors (Lipinski definition) is 2. The predicted molar refractivity (Wildman–Crippen MR) is 127 cm³/mol. The summed E-state index contributed by atoms with van der Waals surface area (Å²) in [5.41, 5.74) is 1.78. The maximum absolute atomic E-state index is 15.0. The predicted octanol–water partition coefficient (Wildman–Crippen LogP) is 8.04. The van der Waals surface area contributed by atoms with Crippen molar-refractivity contribution in [3.8, 4) is 16.9 Å². The highest BCUT2D eigenvalue weighted by molar-refractivity contribution is 5.65. The van der Waals surface area contributed by atoms with Gasteiger partial charge >= 0.3 is 0 Å². The summed E-state index contributed by atoms with van der Waals surface area (Å²) in [6.07, 6.45) is 8.24. The first kappa shape index (κ1) is 24.4. The van der Waals surface area contributed by atoms with Crippen LogP contribution in [0.25, 0.3) is 11.1 Å². The Morgan fingerprint density at radius 2 is 1.61 bits per heavy atom. The second-order valence-corrected chi connectivity index (χ2v) is 8.22. The largest absolute Gasteiger partial charge is 0.497 e. The Morgan fingerprint density at radius 1 is 0.939 bits per heavy atom. The van der Waals surface area contributed by atoms with E-state index in [0.717, 1.165) is 25.7 Å². The molecule has 0 aliphatic heterocycles. The van der Waals surface area contributed by atoms with E-state index in [-0.39, 0.29) is 23.2 Å². The summed E-state index contributed by atoms with van der Waals surface area (Å²) in [6.45, 7) is 7.29. The molecule has 2 aromatic rings. The van der Waals surface area contributed by atoms with Crippen molar-refractivity contribution < 1.29 is 22.6 Å². The van der Waals surface area contributed by atoms with Crippen molar-refractivity contribution in [3.05, 3.63) is 102 Å². The van der Waals surface area contributed by atoms with E-state index in [0.29, 0.717) is 22.4 Å². The van der Waals surface area contributed by atoms with Crippen LogP contribution in [-0.2, 0) is 4.74 Å². The van der Waals surface area contributed by atoms with Gasteiger partial charge in [-0.05, 0) is 72.4 Å². The van der Waals surface area contributed by atoms with Crippen molar-refractivity contribution in [2.45, 2.75) is 31.6 Å². The number of halogens is 3. The fourth-order valence-electron chi connectivity index (χ4n) is 4.14. The molecule has 0 heterocycles. The zero-order chi connectivity index (χ0) is 24.0. The molecule has 1 aliphatic carbocycles. The monoisotopic (exact) mass is 454 g/mol. The van der Waals surface area contributed by atoms with Gasteiger partial charge in [0, 0.05) is 5.56 Å². The second-order valence-electron chi connectivity index (χ2n) is 8.22. The molecule has 0 radical (unpaired) electrons. The lowest BCUT2D eigenvalue weighted by Gasteiger charge is -2.27. The Hall–Kier alpha value is -3.21. The first-order valence-corrected chi connectivity index (χ1v) is 10.9. The van der Waals surface area contributed by atoms with Crippen molar-refractivity contribution >= 4 is 0 Å². The van der Waals surface area contributed by atoms with Crippen LogP contribution in [0.1, 0.15) is 37.2 Å². The van der Waals surface area contributed by atoms with Gasteiger partial charge in [0.1, 0.15) is 11.5 Å². The van der Waals surface area contributed by atoms with Crippen LogP contribution < -0.4 is 4.74 Å². The van der Waals surface area contributed by atoms with Crippen LogP contribution in [-0.4, -0.2) is 14.2 Å². The molecule has 0 atom stereocenters. The molecule has 0 N–H and O–H groups in total. The minimum atomic E-state index is -0.817. The van der Waals surface area contributed by atoms with Gasteiger partial charge in [-0.25, -0.2) is 13.2 Å². The maximum Gasteiger partial charge on any atom is 0.166 e. The quantitative estimate of drug-likeness (QED) is 0.297. The van der Waals surface area contributed by atoms with Crippen LogP contribution in [0, 0.1) is 17.6 Å². The second kappa shape index (κ2) is 11.1. The highest BCUT2D eigenvalue weighted by Gasteiger charge is 2.25. The van der Waals surface area contributed by atoms with Gasteiger partial charge < -0.3 is 9.47 Å². The summed E-state index contributed by atoms with van der Waals surface area (Å²) in [5.74, 6) is -1.28. The van der Waals surface area contributed by atoms with Crippen molar-refractivity contribution in [1.82, 2.24) is 0 Å². The van der Waals surface area contributed by atoms with E-state index in [9.17, 15) is 13.2 Å². The first-order valence-electron chi connectivity index (χ1n) is 10.9. The number of methoxy groups -OCH3 is 2. The lowest BCUT2D eigenvalue weighted by Crippen LogP contribution is -2.13. The average molecular weight is 455 g/mol. The highest BCUT2D eigenvalue weighted by atomic mass is 19.2. The molecular formula is C28H29F3O2. The molecular weight excluding hydrogens is 425 g/mol. The zero-order valence-electron chi connectivity index (χ0n) is 19.0. The fourth-order valence-corrected chi connectivity index (χ4v) is 4.14. The SMILES string of the molecule is C=C(/C=C/C1CCC(c2ccc(-c3ccc(OC)cc3)c(F)c2F)CC1)/C=C(/F)C(=C)OC. The normalized spacial score (nSPS) is 18.9. The lowest BCUT2D eigenvalue weighted by molar-refractivity contribution is 0.285. The van der Waals surface area contributed by atoms with Crippen LogP contribution in [0.2, 0.25) is 0 Å². The molecule has 2 aromatic carbocycles. The van der Waals surface area contributed by atoms with E-state index in [2.05, 4.69) is 13.2 Å². The van der Waals surface area contributed by atoms with E-state index in [1.807, 2.05) is 6.08 Å². The summed E-state index contributed by atoms with van der Waals surface area (Å²) >= 11 is 0. The molecule has 0 saturated heterocycles. The van der Waals surface area contributed by atoms with Gasteiger partial charge in [-0.1, -0.05) is 49.6 Å². The van der Waals surface area contributed by atoms with Crippen LogP contribution in [0.15, 0.2) is 84.9 Å². The Morgan fingerprint density at radius 3 is 2.21 bits per heavy atom. The summed E-state index contributed by atoms with van der Waals surface area (Å²) in [7, 11) is 2.91. The molecule has 174 valence electrons. The number of hydrogen-bond donors (Lipinski definition) is 0. The standard InChI is InChI=1S/C28H29F3O2/c1-18(17-26(29)19(2)32-3)5-6-20-7-9-21(10-8-20)24-15-16-25(28(31)27(24)30)22-11-13-23(33-4)14-12-22/h5-6,11-17,20-21H,1-2,7-10H2,3-4H3/b6-5+,26-17+. The number of benzene rings is 2. The first-order chi connectivity index (χ1) is 15.8. The van der Waals surface area contributed by atoms with Crippen LogP contribution in [0.5, 0.6) is 5.75 Å². The average Bonchev–Trinajstić information content (AvgIpc) is 2.84. The molecule has 0 unspecified atom stereocenters. The summed E-state index contributed by atoms with van der Waals surface area (Å²) in [5, 5.41) is 0. The summed E-state index contributed by atoms with van der Waals surface area (Å²) in [6, 6.07) is 10.2. The topological polar surface area (TPSA) is 18.5 Å². The molecule has 33 heavy (non-hydrogen) atoms. The van der Waals surface area contributed by atoms with Gasteiger partial charge in [-0.3, -0.25) is 0 Å². The maximum atomic E-state index is 15.0. The molecule has 5 heteroatoms. The van der Waals surface area contributed by atoms with Gasteiger partial charge in [0.15, 0.2) is 17.5 Å². The Balaban J connectivity index is 1.64. The van der Waals surface area contributed by atoms with Gasteiger partial charge in [-0.15, -0.1) is 0 Å². The van der Waals surface area contributed by atoms with Crippen molar-refractivity contribution in [3.63, 3.8) is 0 Å².